The van der Waals surface area contributed by atoms with Crippen LogP contribution in [0.15, 0.2) is 30.6 Å². The first kappa shape index (κ1) is 13.1. The van der Waals surface area contributed by atoms with Crippen molar-refractivity contribution in [2.75, 3.05) is 0 Å². The molecule has 0 aliphatic carbocycles. The lowest BCUT2D eigenvalue weighted by Gasteiger charge is -2.04. The molecule has 0 fully saturated rings. The summed E-state index contributed by atoms with van der Waals surface area (Å²) in [5.74, 6) is 0. The Morgan fingerprint density at radius 3 is 1.71 bits per heavy atom. The van der Waals surface area contributed by atoms with Gasteiger partial charge >= 0.3 is 0 Å². The average molecular weight is 195 g/mol. The van der Waals surface area contributed by atoms with Gasteiger partial charge in [-0.05, 0) is 25.0 Å². The first-order chi connectivity index (χ1) is 6.81. The topological polar surface area (TPSA) is 33.1 Å². The van der Waals surface area contributed by atoms with E-state index in [-0.39, 0.29) is 6.10 Å². The fourth-order valence-electron chi connectivity index (χ4n) is 1.12. The third-order valence-electron chi connectivity index (χ3n) is 1.81. The van der Waals surface area contributed by atoms with Crippen molar-refractivity contribution in [3.05, 3.63) is 30.6 Å². The lowest BCUT2D eigenvalue weighted by atomic mass is 10.1. The average Bonchev–Trinajstić information content (AvgIpc) is 2.22. The van der Waals surface area contributed by atoms with Gasteiger partial charge in [-0.15, -0.1) is 0 Å². The lowest BCUT2D eigenvalue weighted by Crippen LogP contribution is -2.03. The molecule has 2 nitrogen and oxygen atoms in total. The largest absolute Gasteiger partial charge is 0.393 e. The van der Waals surface area contributed by atoms with E-state index in [1.165, 1.54) is 0 Å². The maximum absolute atomic E-state index is 9.05. The van der Waals surface area contributed by atoms with Crippen LogP contribution in [0.1, 0.15) is 39.5 Å². The number of hydrogen-bond donors (Lipinski definition) is 1. The second-order valence-electron chi connectivity index (χ2n) is 3.26. The van der Waals surface area contributed by atoms with E-state index in [2.05, 4.69) is 18.8 Å². The van der Waals surface area contributed by atoms with Gasteiger partial charge in [-0.2, -0.15) is 0 Å². The predicted molar refractivity (Wildman–Crippen MR) is 60.1 cm³/mol. The summed E-state index contributed by atoms with van der Waals surface area (Å²) in [5, 5.41) is 9.05. The first-order valence-corrected chi connectivity index (χ1v) is 5.34. The second-order valence-corrected chi connectivity index (χ2v) is 3.26. The molecule has 0 spiro atoms. The Balaban J connectivity index is 0.000000249. The summed E-state index contributed by atoms with van der Waals surface area (Å²) in [4.78, 5) is 3.78. The summed E-state index contributed by atoms with van der Waals surface area (Å²) in [6, 6.07) is 5.72. The number of rotatable bonds is 4. The third-order valence-corrected chi connectivity index (χ3v) is 1.81. The van der Waals surface area contributed by atoms with E-state index in [4.69, 9.17) is 5.11 Å². The van der Waals surface area contributed by atoms with Crippen molar-refractivity contribution in [3.63, 3.8) is 0 Å². The van der Waals surface area contributed by atoms with E-state index in [1.54, 1.807) is 12.4 Å². The minimum Gasteiger partial charge on any atom is -0.393 e. The van der Waals surface area contributed by atoms with Gasteiger partial charge in [0.2, 0.25) is 0 Å². The van der Waals surface area contributed by atoms with Gasteiger partial charge < -0.3 is 5.11 Å². The highest BCUT2D eigenvalue weighted by Gasteiger charge is 1.97. The minimum absolute atomic E-state index is 0.0370. The Labute approximate surface area is 87.0 Å². The van der Waals surface area contributed by atoms with Crippen molar-refractivity contribution >= 4 is 0 Å². The van der Waals surface area contributed by atoms with Crippen LogP contribution in [0.25, 0.3) is 0 Å². The van der Waals surface area contributed by atoms with Crippen LogP contribution in [0.5, 0.6) is 0 Å². The molecule has 80 valence electrons. The molecule has 1 heterocycles. The maximum Gasteiger partial charge on any atom is 0.0540 e. The van der Waals surface area contributed by atoms with Crippen LogP contribution in [0, 0.1) is 0 Å². The lowest BCUT2D eigenvalue weighted by molar-refractivity contribution is 0.153. The van der Waals surface area contributed by atoms with Gasteiger partial charge in [-0.25, -0.2) is 0 Å². The van der Waals surface area contributed by atoms with E-state index in [0.717, 1.165) is 25.7 Å². The number of aromatic nitrogens is 1. The van der Waals surface area contributed by atoms with Crippen molar-refractivity contribution in [1.29, 1.82) is 0 Å². The molecule has 0 saturated heterocycles. The number of aliphatic hydroxyl groups is 1. The van der Waals surface area contributed by atoms with Gasteiger partial charge in [0.15, 0.2) is 0 Å². The molecule has 1 rings (SSSR count). The van der Waals surface area contributed by atoms with Crippen LogP contribution in [-0.4, -0.2) is 16.2 Å². The highest BCUT2D eigenvalue weighted by Crippen LogP contribution is 2.02. The summed E-state index contributed by atoms with van der Waals surface area (Å²) in [5.41, 5.74) is 0. The number of aliphatic hydroxyl groups excluding tert-OH is 1. The van der Waals surface area contributed by atoms with Crippen molar-refractivity contribution < 1.29 is 5.11 Å². The molecule has 1 aromatic rings. The summed E-state index contributed by atoms with van der Waals surface area (Å²) in [6.07, 6.45) is 7.59. The summed E-state index contributed by atoms with van der Waals surface area (Å²) in [7, 11) is 0. The van der Waals surface area contributed by atoms with E-state index in [0.29, 0.717) is 0 Å². The Morgan fingerprint density at radius 2 is 1.50 bits per heavy atom. The van der Waals surface area contributed by atoms with Crippen LogP contribution in [0.4, 0.5) is 0 Å². The van der Waals surface area contributed by atoms with Crippen molar-refractivity contribution in [2.24, 2.45) is 0 Å². The fraction of sp³-hybridized carbons (Fsp3) is 0.583. The summed E-state index contributed by atoms with van der Waals surface area (Å²) < 4.78 is 0. The molecule has 14 heavy (non-hydrogen) atoms. The van der Waals surface area contributed by atoms with Gasteiger partial charge in [0.1, 0.15) is 0 Å². The minimum atomic E-state index is -0.0370. The zero-order chi connectivity index (χ0) is 10.6. The van der Waals surface area contributed by atoms with Crippen molar-refractivity contribution in [1.82, 2.24) is 4.98 Å². The quantitative estimate of drug-likeness (QED) is 0.801. The van der Waals surface area contributed by atoms with Crippen LogP contribution in [0.2, 0.25) is 0 Å². The molecular weight excluding hydrogens is 174 g/mol. The smallest absolute Gasteiger partial charge is 0.0540 e. The monoisotopic (exact) mass is 195 g/mol. The van der Waals surface area contributed by atoms with Gasteiger partial charge in [0.25, 0.3) is 0 Å². The molecular formula is C12H21NO. The normalized spacial score (nSPS) is 9.43. The molecule has 0 bridgehead atoms. The van der Waals surface area contributed by atoms with Gasteiger partial charge in [-0.1, -0.05) is 32.8 Å². The van der Waals surface area contributed by atoms with Crippen molar-refractivity contribution in [3.8, 4) is 0 Å². The van der Waals surface area contributed by atoms with Crippen LogP contribution in [-0.2, 0) is 0 Å². The molecule has 0 aromatic carbocycles. The maximum atomic E-state index is 9.05. The van der Waals surface area contributed by atoms with E-state index >= 15 is 0 Å². The summed E-state index contributed by atoms with van der Waals surface area (Å²) in [6.45, 7) is 4.19. The molecule has 2 heteroatoms. The zero-order valence-corrected chi connectivity index (χ0v) is 9.19. The molecule has 1 aromatic heterocycles. The second kappa shape index (κ2) is 10.2. The van der Waals surface area contributed by atoms with E-state index < -0.39 is 0 Å². The highest BCUT2D eigenvalue weighted by molar-refractivity contribution is 4.88. The SMILES string of the molecule is CCCC(O)CCC.c1ccncc1. The number of pyridine rings is 1. The van der Waals surface area contributed by atoms with Crippen LogP contribution >= 0.6 is 0 Å². The van der Waals surface area contributed by atoms with E-state index in [1.807, 2.05) is 18.2 Å². The molecule has 0 unspecified atom stereocenters. The number of nitrogens with zero attached hydrogens (tertiary/aromatic N) is 1. The predicted octanol–water partition coefficient (Wildman–Crippen LogP) is 3.03. The fourth-order valence-corrected chi connectivity index (χ4v) is 1.12. The molecule has 0 aliphatic rings. The first-order valence-electron chi connectivity index (χ1n) is 5.34. The van der Waals surface area contributed by atoms with Gasteiger partial charge in [-0.3, -0.25) is 4.98 Å². The molecule has 0 radical (unpaired) electrons. The Hall–Kier alpha value is -0.890. The highest BCUT2D eigenvalue weighted by atomic mass is 16.3. The summed E-state index contributed by atoms with van der Waals surface area (Å²) >= 11 is 0. The molecule has 0 atom stereocenters. The van der Waals surface area contributed by atoms with Crippen LogP contribution < -0.4 is 0 Å². The molecule has 0 aliphatic heterocycles. The van der Waals surface area contributed by atoms with E-state index in [9.17, 15) is 0 Å². The molecule has 0 saturated carbocycles. The van der Waals surface area contributed by atoms with Crippen LogP contribution in [0.3, 0.4) is 0 Å². The molecule has 1 N–H and O–H groups in total. The van der Waals surface area contributed by atoms with Gasteiger partial charge in [0, 0.05) is 12.4 Å². The van der Waals surface area contributed by atoms with Gasteiger partial charge in [0.05, 0.1) is 6.10 Å². The Bertz CT molecular complexity index is 156. The number of hydrogen-bond acceptors (Lipinski definition) is 2. The Morgan fingerprint density at radius 1 is 1.00 bits per heavy atom. The zero-order valence-electron chi connectivity index (χ0n) is 9.19. The Kier molecular flexibility index (Phi) is 9.54. The third kappa shape index (κ3) is 9.20. The molecule has 0 amide bonds. The van der Waals surface area contributed by atoms with Crippen molar-refractivity contribution in [2.45, 2.75) is 45.6 Å². The standard InChI is InChI=1S/C7H16O.C5H5N/c1-3-5-7(8)6-4-2;1-2-4-6-5-3-1/h7-8H,3-6H2,1-2H3;1-5H.